The van der Waals surface area contributed by atoms with Crippen LogP contribution in [-0.4, -0.2) is 47.1 Å². The summed E-state index contributed by atoms with van der Waals surface area (Å²) >= 11 is 0. The number of rotatable bonds is 3. The lowest BCUT2D eigenvalue weighted by Crippen LogP contribution is -2.49. The van der Waals surface area contributed by atoms with E-state index in [4.69, 9.17) is 4.52 Å². The molecule has 0 radical (unpaired) electrons. The quantitative estimate of drug-likeness (QED) is 0.715. The van der Waals surface area contributed by atoms with Crippen molar-refractivity contribution < 1.29 is 9.32 Å². The Hall–Kier alpha value is -3.15. The highest BCUT2D eigenvalue weighted by molar-refractivity contribution is 5.91. The first-order valence-corrected chi connectivity index (χ1v) is 9.12. The van der Waals surface area contributed by atoms with E-state index in [1.807, 2.05) is 31.2 Å². The third kappa shape index (κ3) is 3.69. The van der Waals surface area contributed by atoms with Gasteiger partial charge in [0.1, 0.15) is 0 Å². The number of aryl methyl sites for hydroxylation is 2. The zero-order valence-electron chi connectivity index (χ0n) is 15.6. The summed E-state index contributed by atoms with van der Waals surface area (Å²) in [6, 6.07) is 16.3. The Balaban J connectivity index is 1.41. The van der Waals surface area contributed by atoms with E-state index >= 15 is 0 Å². The van der Waals surface area contributed by atoms with E-state index in [2.05, 4.69) is 46.2 Å². The molecule has 1 aromatic heterocycles. The molecule has 2 heterocycles. The van der Waals surface area contributed by atoms with Crippen molar-refractivity contribution in [2.45, 2.75) is 13.8 Å². The number of benzene rings is 2. The number of amides is 1. The van der Waals surface area contributed by atoms with Crippen molar-refractivity contribution in [3.63, 3.8) is 0 Å². The zero-order valence-corrected chi connectivity index (χ0v) is 15.6. The summed E-state index contributed by atoms with van der Waals surface area (Å²) in [5.74, 6) is 0.312. The Labute approximate surface area is 158 Å². The molecule has 0 saturated carbocycles. The predicted molar refractivity (Wildman–Crippen MR) is 104 cm³/mol. The van der Waals surface area contributed by atoms with Crippen molar-refractivity contribution in [2.75, 3.05) is 31.1 Å². The Morgan fingerprint density at radius 2 is 1.48 bits per heavy atom. The second-order valence-corrected chi connectivity index (χ2v) is 6.90. The predicted octanol–water partition coefficient (Wildman–Crippen LogP) is 3.32. The summed E-state index contributed by atoms with van der Waals surface area (Å²) in [7, 11) is 0. The van der Waals surface area contributed by atoms with Crippen molar-refractivity contribution >= 4 is 11.6 Å². The number of hydrogen-bond donors (Lipinski definition) is 0. The third-order valence-electron chi connectivity index (χ3n) is 4.88. The fraction of sp³-hybridized carbons (Fsp3) is 0.286. The van der Waals surface area contributed by atoms with E-state index in [1.165, 1.54) is 11.3 Å². The number of carbonyl (C=O) groups is 1. The summed E-state index contributed by atoms with van der Waals surface area (Å²) in [5.41, 5.74) is 4.40. The van der Waals surface area contributed by atoms with E-state index in [0.29, 0.717) is 19.0 Å². The number of piperazine rings is 1. The summed E-state index contributed by atoms with van der Waals surface area (Å²) in [6.07, 6.45) is 0. The molecule has 6 heteroatoms. The molecule has 0 aliphatic carbocycles. The molecule has 0 atom stereocenters. The van der Waals surface area contributed by atoms with E-state index in [-0.39, 0.29) is 11.7 Å². The number of carbonyl (C=O) groups excluding carboxylic acids is 1. The lowest BCUT2D eigenvalue weighted by atomic mass is 10.1. The molecular weight excluding hydrogens is 340 g/mol. The molecule has 1 saturated heterocycles. The Kier molecular flexibility index (Phi) is 4.62. The molecule has 1 aliphatic rings. The molecule has 0 bridgehead atoms. The normalized spacial score (nSPS) is 14.4. The minimum atomic E-state index is -0.180. The minimum absolute atomic E-state index is 0.120. The molecule has 4 rings (SSSR count). The van der Waals surface area contributed by atoms with E-state index in [0.717, 1.165) is 24.2 Å². The van der Waals surface area contributed by atoms with Crippen molar-refractivity contribution in [1.82, 2.24) is 15.0 Å². The second-order valence-electron chi connectivity index (χ2n) is 6.90. The van der Waals surface area contributed by atoms with Gasteiger partial charge in [-0.25, -0.2) is 0 Å². The Bertz CT molecular complexity index is 924. The van der Waals surface area contributed by atoms with Crippen LogP contribution in [0.25, 0.3) is 11.5 Å². The van der Waals surface area contributed by atoms with Gasteiger partial charge in [-0.15, -0.1) is 0 Å². The summed E-state index contributed by atoms with van der Waals surface area (Å²) < 4.78 is 5.29. The SMILES string of the molecule is Cc1ccc(-c2nc(C(=O)N3CCN(c4ccc(C)cc4)CC3)no2)cc1. The first-order valence-electron chi connectivity index (χ1n) is 9.12. The van der Waals surface area contributed by atoms with Crippen LogP contribution in [0.15, 0.2) is 53.1 Å². The maximum Gasteiger partial charge on any atom is 0.295 e. The Morgan fingerprint density at radius 1 is 0.889 bits per heavy atom. The van der Waals surface area contributed by atoms with Crippen molar-refractivity contribution in [1.29, 1.82) is 0 Å². The zero-order chi connectivity index (χ0) is 18.8. The second kappa shape index (κ2) is 7.23. The largest absolute Gasteiger partial charge is 0.368 e. The van der Waals surface area contributed by atoms with E-state index in [9.17, 15) is 4.79 Å². The number of anilines is 1. The summed E-state index contributed by atoms with van der Waals surface area (Å²) in [6.45, 7) is 6.95. The van der Waals surface area contributed by atoms with Gasteiger partial charge in [-0.3, -0.25) is 4.79 Å². The van der Waals surface area contributed by atoms with Gasteiger partial charge in [-0.05, 0) is 38.1 Å². The molecule has 0 N–H and O–H groups in total. The Morgan fingerprint density at radius 3 is 2.11 bits per heavy atom. The molecule has 3 aromatic rings. The maximum absolute atomic E-state index is 12.7. The van der Waals surface area contributed by atoms with Crippen LogP contribution in [0.4, 0.5) is 5.69 Å². The van der Waals surface area contributed by atoms with Crippen LogP contribution in [0.3, 0.4) is 0 Å². The fourth-order valence-corrected chi connectivity index (χ4v) is 3.19. The van der Waals surface area contributed by atoms with Gasteiger partial charge in [0.25, 0.3) is 17.6 Å². The van der Waals surface area contributed by atoms with Crippen molar-refractivity contribution in [2.24, 2.45) is 0 Å². The van der Waals surface area contributed by atoms with Gasteiger partial charge in [-0.2, -0.15) is 4.98 Å². The van der Waals surface area contributed by atoms with E-state index in [1.54, 1.807) is 4.90 Å². The van der Waals surface area contributed by atoms with Gasteiger partial charge in [0.15, 0.2) is 0 Å². The molecule has 0 unspecified atom stereocenters. The first kappa shape index (κ1) is 17.3. The van der Waals surface area contributed by atoms with Gasteiger partial charge < -0.3 is 14.3 Å². The van der Waals surface area contributed by atoms with Crippen molar-refractivity contribution in [3.8, 4) is 11.5 Å². The minimum Gasteiger partial charge on any atom is -0.368 e. The number of nitrogens with zero attached hydrogens (tertiary/aromatic N) is 4. The third-order valence-corrected chi connectivity index (χ3v) is 4.88. The highest BCUT2D eigenvalue weighted by Gasteiger charge is 2.26. The molecule has 27 heavy (non-hydrogen) atoms. The summed E-state index contributed by atoms with van der Waals surface area (Å²) in [5, 5.41) is 3.89. The van der Waals surface area contributed by atoms with Crippen LogP contribution >= 0.6 is 0 Å². The summed E-state index contributed by atoms with van der Waals surface area (Å²) in [4.78, 5) is 21.1. The average molecular weight is 362 g/mol. The molecular formula is C21H22N4O2. The van der Waals surface area contributed by atoms with Crippen LogP contribution in [0.2, 0.25) is 0 Å². The lowest BCUT2D eigenvalue weighted by molar-refractivity contribution is 0.0731. The van der Waals surface area contributed by atoms with Crippen LogP contribution in [-0.2, 0) is 0 Å². The molecule has 138 valence electrons. The highest BCUT2D eigenvalue weighted by Crippen LogP contribution is 2.20. The van der Waals surface area contributed by atoms with Crippen LogP contribution in [0, 0.1) is 13.8 Å². The van der Waals surface area contributed by atoms with Crippen LogP contribution in [0.5, 0.6) is 0 Å². The standard InChI is InChI=1S/C21H22N4O2/c1-15-3-7-17(8-4-15)20-22-19(23-27-20)21(26)25-13-11-24(12-14-25)18-9-5-16(2)6-10-18/h3-10H,11-14H2,1-2H3. The van der Waals surface area contributed by atoms with Gasteiger partial charge in [-0.1, -0.05) is 40.5 Å². The topological polar surface area (TPSA) is 62.5 Å². The molecule has 1 aliphatic heterocycles. The number of aromatic nitrogens is 2. The number of hydrogen-bond acceptors (Lipinski definition) is 5. The fourth-order valence-electron chi connectivity index (χ4n) is 3.19. The highest BCUT2D eigenvalue weighted by atomic mass is 16.5. The first-order chi connectivity index (χ1) is 13.1. The van der Waals surface area contributed by atoms with Gasteiger partial charge in [0.2, 0.25) is 0 Å². The molecule has 0 spiro atoms. The van der Waals surface area contributed by atoms with Gasteiger partial charge in [0, 0.05) is 37.4 Å². The van der Waals surface area contributed by atoms with Crippen molar-refractivity contribution in [3.05, 3.63) is 65.5 Å². The van der Waals surface area contributed by atoms with Gasteiger partial charge >= 0.3 is 0 Å². The molecule has 1 fully saturated rings. The van der Waals surface area contributed by atoms with E-state index < -0.39 is 0 Å². The van der Waals surface area contributed by atoms with Crippen LogP contribution < -0.4 is 4.90 Å². The van der Waals surface area contributed by atoms with Gasteiger partial charge in [0.05, 0.1) is 0 Å². The molecule has 6 nitrogen and oxygen atoms in total. The lowest BCUT2D eigenvalue weighted by Gasteiger charge is -2.35. The molecule has 2 aromatic carbocycles. The monoisotopic (exact) mass is 362 g/mol. The molecule has 1 amide bonds. The average Bonchev–Trinajstić information content (AvgIpc) is 3.19. The maximum atomic E-state index is 12.7. The van der Waals surface area contributed by atoms with Crippen LogP contribution in [0.1, 0.15) is 21.7 Å². The smallest absolute Gasteiger partial charge is 0.295 e.